The van der Waals surface area contributed by atoms with Gasteiger partial charge in [0.05, 0.1) is 36.0 Å². The van der Waals surface area contributed by atoms with Crippen LogP contribution in [0.25, 0.3) is 0 Å². The lowest BCUT2D eigenvalue weighted by molar-refractivity contribution is -0.136. The number of carbonyl (C=O) groups excluding carboxylic acids is 2. The number of hydrogen-bond acceptors (Lipinski definition) is 9. The van der Waals surface area contributed by atoms with Gasteiger partial charge in [-0.25, -0.2) is 9.59 Å². The smallest absolute Gasteiger partial charge is 0.337 e. The number of ether oxygens (including phenoxy) is 4. The number of carbonyl (C=O) groups is 2. The molecule has 0 aromatic heterocycles. The average molecular weight is 757 g/mol. The van der Waals surface area contributed by atoms with Crippen LogP contribution in [0.1, 0.15) is 36.6 Å². The van der Waals surface area contributed by atoms with Crippen LogP contribution >= 0.6 is 50.7 Å². The highest BCUT2D eigenvalue weighted by molar-refractivity contribution is 9.10. The summed E-state index contributed by atoms with van der Waals surface area (Å²) in [7, 11) is 1.27. The minimum absolute atomic E-state index is 0.159. The van der Waals surface area contributed by atoms with Gasteiger partial charge in [0.1, 0.15) is 19.0 Å². The fourth-order valence-corrected chi connectivity index (χ4v) is 5.84. The number of rotatable bonds is 13. The van der Waals surface area contributed by atoms with Crippen LogP contribution in [0.4, 0.5) is 4.79 Å². The molecule has 11 nitrogen and oxygen atoms in total. The third-order valence-electron chi connectivity index (χ3n) is 6.52. The number of aliphatic hydroxyl groups excluding tert-OH is 1. The first-order valence-corrected chi connectivity index (χ1v) is 15.7. The van der Waals surface area contributed by atoms with Gasteiger partial charge in [-0.15, -0.1) is 0 Å². The molecule has 4 N–H and O–H groups in total. The summed E-state index contributed by atoms with van der Waals surface area (Å²) in [6.07, 6.45) is 0.228. The molecule has 3 aromatic rings. The summed E-state index contributed by atoms with van der Waals surface area (Å²) in [6, 6.07) is 12.2. The maximum atomic E-state index is 12.5. The van der Waals surface area contributed by atoms with E-state index in [1.807, 2.05) is 0 Å². The number of urea groups is 1. The van der Waals surface area contributed by atoms with Crippen LogP contribution in [-0.2, 0) is 16.1 Å². The predicted molar refractivity (Wildman–Crippen MR) is 179 cm³/mol. The van der Waals surface area contributed by atoms with Gasteiger partial charge in [0, 0.05) is 31.9 Å². The number of benzene rings is 3. The van der Waals surface area contributed by atoms with Gasteiger partial charge < -0.3 is 34.7 Å². The molecule has 0 saturated heterocycles. The van der Waals surface area contributed by atoms with Gasteiger partial charge in [-0.1, -0.05) is 46.9 Å². The quantitative estimate of drug-likeness (QED) is 0.0671. The zero-order valence-electron chi connectivity index (χ0n) is 24.8. The van der Waals surface area contributed by atoms with Gasteiger partial charge in [0.15, 0.2) is 17.7 Å². The zero-order valence-corrected chi connectivity index (χ0v) is 28.7. The van der Waals surface area contributed by atoms with Crippen LogP contribution in [0.3, 0.4) is 0 Å². The van der Waals surface area contributed by atoms with Crippen molar-refractivity contribution in [3.05, 3.63) is 96.0 Å². The van der Waals surface area contributed by atoms with E-state index in [0.717, 1.165) is 5.56 Å². The van der Waals surface area contributed by atoms with E-state index in [9.17, 15) is 14.7 Å². The molecule has 2 amide bonds. The van der Waals surface area contributed by atoms with Crippen molar-refractivity contribution in [1.82, 2.24) is 16.1 Å². The molecule has 1 aliphatic rings. The van der Waals surface area contributed by atoms with Crippen LogP contribution in [0.2, 0.25) is 15.1 Å². The molecule has 1 heterocycles. The maximum absolute atomic E-state index is 12.5. The van der Waals surface area contributed by atoms with Crippen LogP contribution in [0.5, 0.6) is 17.2 Å². The SMILES string of the molecule is CCOc1cc([C@@H]2NC(=O)NC(C)=C2C(=O)OC)ccc1OC[C@@H](O)N/N=C/c1cc(Cl)cc(Br)c1OCc1ccc(Cl)cc1Cl. The topological polar surface area (TPSA) is 140 Å². The van der Waals surface area contributed by atoms with Crippen molar-refractivity contribution in [3.63, 3.8) is 0 Å². The number of esters is 1. The first-order chi connectivity index (χ1) is 22.0. The van der Waals surface area contributed by atoms with E-state index in [1.54, 1.807) is 62.4 Å². The molecule has 3 aromatic carbocycles. The lowest BCUT2D eigenvalue weighted by Crippen LogP contribution is -2.45. The summed E-state index contributed by atoms with van der Waals surface area (Å²) in [6.45, 7) is 3.68. The molecule has 0 aliphatic carbocycles. The minimum Gasteiger partial charge on any atom is -0.490 e. The highest BCUT2D eigenvalue weighted by Crippen LogP contribution is 2.36. The Morgan fingerprint density at radius 3 is 2.59 bits per heavy atom. The van der Waals surface area contributed by atoms with E-state index in [1.165, 1.54) is 13.3 Å². The van der Waals surface area contributed by atoms with Gasteiger partial charge >= 0.3 is 12.0 Å². The Morgan fingerprint density at radius 2 is 1.87 bits per heavy atom. The molecule has 0 unspecified atom stereocenters. The van der Waals surface area contributed by atoms with Crippen molar-refractivity contribution >= 4 is 68.9 Å². The van der Waals surface area contributed by atoms with E-state index in [4.69, 9.17) is 53.8 Å². The van der Waals surface area contributed by atoms with Crippen molar-refractivity contribution in [1.29, 1.82) is 0 Å². The highest BCUT2D eigenvalue weighted by atomic mass is 79.9. The van der Waals surface area contributed by atoms with Crippen LogP contribution in [0.15, 0.2) is 69.4 Å². The third-order valence-corrected chi connectivity index (χ3v) is 7.92. The molecule has 0 spiro atoms. The number of nitrogens with zero attached hydrogens (tertiary/aromatic N) is 1. The standard InChI is InChI=1S/C31H30BrCl3N4O7/c1-4-44-25-10-17(28-27(30(41)43-3)16(2)37-31(42)38-28)6-8-24(25)45-15-26(40)39-36-13-19-9-21(34)11-22(32)29(19)46-14-18-5-7-20(33)12-23(18)35/h5-13,26,28,39-40H,4,14-15H2,1-3H3,(H2,37,38,42)/b36-13+/t26-,28+/m1/s1. The van der Waals surface area contributed by atoms with E-state index in [2.05, 4.69) is 37.1 Å². The minimum atomic E-state index is -1.22. The van der Waals surface area contributed by atoms with Crippen molar-refractivity contribution in [2.75, 3.05) is 20.3 Å². The van der Waals surface area contributed by atoms with Crippen LogP contribution in [0, 0.1) is 0 Å². The molecule has 4 rings (SSSR count). The van der Waals surface area contributed by atoms with Crippen LogP contribution in [-0.4, -0.2) is 49.9 Å². The second kappa shape index (κ2) is 16.2. The summed E-state index contributed by atoms with van der Waals surface area (Å²) < 4.78 is 23.1. The molecule has 0 saturated carbocycles. The van der Waals surface area contributed by atoms with Crippen molar-refractivity contribution < 1.29 is 33.6 Å². The molecule has 0 radical (unpaired) electrons. The number of aliphatic hydroxyl groups is 1. The molecule has 46 heavy (non-hydrogen) atoms. The first-order valence-electron chi connectivity index (χ1n) is 13.8. The summed E-state index contributed by atoms with van der Waals surface area (Å²) in [5, 5.41) is 21.4. The third kappa shape index (κ3) is 8.98. The number of hydrazone groups is 1. The average Bonchev–Trinajstić information content (AvgIpc) is 3.00. The Balaban J connectivity index is 1.43. The van der Waals surface area contributed by atoms with Crippen molar-refractivity contribution in [2.45, 2.75) is 32.7 Å². The number of allylic oxidation sites excluding steroid dienone is 1. The normalized spacial score (nSPS) is 15.2. The number of halogens is 4. The molecule has 1 aliphatic heterocycles. The second-order valence-electron chi connectivity index (χ2n) is 9.75. The Labute approximate surface area is 288 Å². The molecule has 15 heteroatoms. The lowest BCUT2D eigenvalue weighted by Gasteiger charge is -2.28. The molecular weight excluding hydrogens is 727 g/mol. The maximum Gasteiger partial charge on any atom is 0.337 e. The number of hydrogen-bond donors (Lipinski definition) is 4. The van der Waals surface area contributed by atoms with Crippen LogP contribution < -0.4 is 30.3 Å². The van der Waals surface area contributed by atoms with Gasteiger partial charge in [0.2, 0.25) is 0 Å². The van der Waals surface area contributed by atoms with Gasteiger partial charge in [0.25, 0.3) is 0 Å². The summed E-state index contributed by atoms with van der Waals surface area (Å²) >= 11 is 22.0. The van der Waals surface area contributed by atoms with E-state index < -0.39 is 24.3 Å². The first kappa shape index (κ1) is 35.2. The molecule has 244 valence electrons. The second-order valence-corrected chi connectivity index (χ2v) is 11.9. The number of methoxy groups -OCH3 is 1. The van der Waals surface area contributed by atoms with Gasteiger partial charge in [-0.05, 0) is 71.7 Å². The van der Waals surface area contributed by atoms with Gasteiger partial charge in [-0.2, -0.15) is 5.10 Å². The molecule has 0 bridgehead atoms. The van der Waals surface area contributed by atoms with Gasteiger partial charge in [-0.3, -0.25) is 5.43 Å². The summed E-state index contributed by atoms with van der Waals surface area (Å²) in [5.41, 5.74) is 5.06. The zero-order chi connectivity index (χ0) is 33.4. The monoisotopic (exact) mass is 754 g/mol. The predicted octanol–water partition coefficient (Wildman–Crippen LogP) is 6.51. The Bertz CT molecular complexity index is 1670. The van der Waals surface area contributed by atoms with Crippen molar-refractivity contribution in [3.8, 4) is 17.2 Å². The highest BCUT2D eigenvalue weighted by Gasteiger charge is 2.32. The Hall–Kier alpha value is -3.68. The largest absolute Gasteiger partial charge is 0.490 e. The molecular formula is C31H30BrCl3N4O7. The number of nitrogens with one attached hydrogen (secondary N) is 3. The Kier molecular flexibility index (Phi) is 12.4. The fourth-order valence-electron chi connectivity index (χ4n) is 4.43. The summed E-state index contributed by atoms with van der Waals surface area (Å²) in [4.78, 5) is 24.6. The molecule has 0 fully saturated rings. The molecule has 2 atom stereocenters. The van der Waals surface area contributed by atoms with Crippen molar-refractivity contribution in [2.24, 2.45) is 5.10 Å². The van der Waals surface area contributed by atoms with E-state index >= 15 is 0 Å². The number of amides is 2. The Morgan fingerprint density at radius 1 is 1.09 bits per heavy atom. The fraction of sp³-hybridized carbons (Fsp3) is 0.258. The van der Waals surface area contributed by atoms with E-state index in [-0.39, 0.29) is 18.8 Å². The van der Waals surface area contributed by atoms with E-state index in [0.29, 0.717) is 60.2 Å². The lowest BCUT2D eigenvalue weighted by atomic mass is 9.95. The summed E-state index contributed by atoms with van der Waals surface area (Å²) in [5.74, 6) is 0.541.